The molecule has 0 bridgehead atoms. The summed E-state index contributed by atoms with van der Waals surface area (Å²) in [5, 5.41) is 17.5. The molecule has 3 aromatic heterocycles. The Morgan fingerprint density at radius 2 is 1.88 bits per heavy atom. The van der Waals surface area contributed by atoms with Crippen LogP contribution in [0.2, 0.25) is 0 Å². The van der Waals surface area contributed by atoms with Gasteiger partial charge in [-0.2, -0.15) is 0 Å². The van der Waals surface area contributed by atoms with Gasteiger partial charge in [0.25, 0.3) is 5.89 Å². The SMILES string of the molecule is CCn1c(SCc2nnc(-c3ccco3)o2)nnc1-c1ccccc1. The minimum atomic E-state index is 0.377. The summed E-state index contributed by atoms with van der Waals surface area (Å²) in [6.07, 6.45) is 1.57. The van der Waals surface area contributed by atoms with Crippen LogP contribution in [0, 0.1) is 0 Å². The van der Waals surface area contributed by atoms with Crippen molar-refractivity contribution in [2.24, 2.45) is 0 Å². The van der Waals surface area contributed by atoms with Gasteiger partial charge in [-0.3, -0.25) is 0 Å². The smallest absolute Gasteiger partial charge is 0.283 e. The first-order valence-corrected chi connectivity index (χ1v) is 8.81. The molecule has 0 radical (unpaired) electrons. The molecule has 0 fully saturated rings. The van der Waals surface area contributed by atoms with E-state index in [0.717, 1.165) is 23.1 Å². The lowest BCUT2D eigenvalue weighted by molar-refractivity contribution is 0.494. The second-order valence-electron chi connectivity index (χ2n) is 5.18. The van der Waals surface area contributed by atoms with E-state index in [1.807, 2.05) is 30.3 Å². The molecule has 7 nitrogen and oxygen atoms in total. The first kappa shape index (κ1) is 15.6. The Hall–Kier alpha value is -2.87. The van der Waals surface area contributed by atoms with Gasteiger partial charge in [-0.15, -0.1) is 20.4 Å². The van der Waals surface area contributed by atoms with E-state index in [9.17, 15) is 0 Å². The highest BCUT2D eigenvalue weighted by Gasteiger charge is 2.15. The Kier molecular flexibility index (Phi) is 4.34. The van der Waals surface area contributed by atoms with Crippen LogP contribution in [0.1, 0.15) is 12.8 Å². The first-order chi connectivity index (χ1) is 12.3. The highest BCUT2D eigenvalue weighted by atomic mass is 32.2. The van der Waals surface area contributed by atoms with Gasteiger partial charge in [0.15, 0.2) is 16.7 Å². The Morgan fingerprint density at radius 1 is 1.00 bits per heavy atom. The number of aromatic nitrogens is 5. The zero-order valence-electron chi connectivity index (χ0n) is 13.5. The minimum absolute atomic E-state index is 0.377. The molecule has 0 aliphatic rings. The van der Waals surface area contributed by atoms with Crippen LogP contribution < -0.4 is 0 Å². The molecular formula is C17H15N5O2S. The number of benzene rings is 1. The zero-order chi connectivity index (χ0) is 17.1. The summed E-state index contributed by atoms with van der Waals surface area (Å²) < 4.78 is 12.9. The van der Waals surface area contributed by atoms with Crippen molar-refractivity contribution in [1.29, 1.82) is 0 Å². The Balaban J connectivity index is 1.51. The fourth-order valence-corrected chi connectivity index (χ4v) is 3.26. The summed E-state index contributed by atoms with van der Waals surface area (Å²) in [5.74, 6) is 2.82. The average Bonchev–Trinajstić information content (AvgIpc) is 3.39. The standard InChI is InChI=1S/C17H15N5O2S/c1-2-22-15(12-7-4-3-5-8-12)19-21-17(22)25-11-14-18-20-16(24-14)13-9-6-10-23-13/h3-10H,2,11H2,1H3. The molecule has 4 aromatic rings. The fourth-order valence-electron chi connectivity index (χ4n) is 2.42. The molecule has 0 aliphatic heterocycles. The molecule has 0 spiro atoms. The number of rotatable bonds is 6. The van der Waals surface area contributed by atoms with E-state index in [1.54, 1.807) is 18.4 Å². The third kappa shape index (κ3) is 3.20. The van der Waals surface area contributed by atoms with Crippen molar-refractivity contribution >= 4 is 11.8 Å². The maximum atomic E-state index is 5.62. The third-order valence-electron chi connectivity index (χ3n) is 3.59. The second-order valence-corrected chi connectivity index (χ2v) is 6.13. The van der Waals surface area contributed by atoms with E-state index in [1.165, 1.54) is 11.8 Å². The summed E-state index contributed by atoms with van der Waals surface area (Å²) in [5.41, 5.74) is 1.04. The molecule has 0 saturated carbocycles. The number of hydrogen-bond acceptors (Lipinski definition) is 7. The van der Waals surface area contributed by atoms with Crippen LogP contribution in [0.4, 0.5) is 0 Å². The van der Waals surface area contributed by atoms with Crippen LogP contribution in [-0.2, 0) is 12.3 Å². The minimum Gasteiger partial charge on any atom is -0.459 e. The van der Waals surface area contributed by atoms with E-state index < -0.39 is 0 Å². The number of thioether (sulfide) groups is 1. The molecule has 1 aromatic carbocycles. The molecule has 0 amide bonds. The predicted octanol–water partition coefficient (Wildman–Crippen LogP) is 3.90. The topological polar surface area (TPSA) is 82.8 Å². The van der Waals surface area contributed by atoms with E-state index in [-0.39, 0.29) is 0 Å². The van der Waals surface area contributed by atoms with Crippen LogP contribution in [0.15, 0.2) is 62.7 Å². The van der Waals surface area contributed by atoms with Crippen molar-refractivity contribution in [3.63, 3.8) is 0 Å². The highest BCUT2D eigenvalue weighted by molar-refractivity contribution is 7.98. The van der Waals surface area contributed by atoms with Crippen molar-refractivity contribution in [3.05, 3.63) is 54.6 Å². The van der Waals surface area contributed by atoms with Gasteiger partial charge >= 0.3 is 0 Å². The van der Waals surface area contributed by atoms with E-state index in [4.69, 9.17) is 8.83 Å². The average molecular weight is 353 g/mol. The van der Waals surface area contributed by atoms with Gasteiger partial charge in [0.1, 0.15) is 0 Å². The van der Waals surface area contributed by atoms with Crippen molar-refractivity contribution in [1.82, 2.24) is 25.0 Å². The summed E-state index contributed by atoms with van der Waals surface area (Å²) >= 11 is 1.51. The van der Waals surface area contributed by atoms with Crippen molar-refractivity contribution in [3.8, 4) is 23.0 Å². The van der Waals surface area contributed by atoms with E-state index in [2.05, 4.69) is 31.9 Å². The van der Waals surface area contributed by atoms with Gasteiger partial charge in [-0.1, -0.05) is 42.1 Å². The molecule has 8 heteroatoms. The van der Waals surface area contributed by atoms with Gasteiger partial charge in [0.2, 0.25) is 5.89 Å². The van der Waals surface area contributed by atoms with Gasteiger partial charge in [0.05, 0.1) is 12.0 Å². The Morgan fingerprint density at radius 3 is 2.64 bits per heavy atom. The van der Waals surface area contributed by atoms with Crippen molar-refractivity contribution in [2.75, 3.05) is 0 Å². The van der Waals surface area contributed by atoms with Crippen LogP contribution in [-0.4, -0.2) is 25.0 Å². The Labute approximate surface area is 148 Å². The van der Waals surface area contributed by atoms with Gasteiger partial charge in [-0.05, 0) is 19.1 Å². The molecular weight excluding hydrogens is 338 g/mol. The summed E-state index contributed by atoms with van der Waals surface area (Å²) in [7, 11) is 0. The fraction of sp³-hybridized carbons (Fsp3) is 0.176. The van der Waals surface area contributed by atoms with Crippen LogP contribution in [0.5, 0.6) is 0 Å². The quantitative estimate of drug-likeness (QED) is 0.486. The van der Waals surface area contributed by atoms with Crippen LogP contribution >= 0.6 is 11.8 Å². The van der Waals surface area contributed by atoms with E-state index in [0.29, 0.717) is 23.3 Å². The molecule has 0 unspecified atom stereocenters. The maximum Gasteiger partial charge on any atom is 0.283 e. The molecule has 25 heavy (non-hydrogen) atoms. The summed E-state index contributed by atoms with van der Waals surface area (Å²) in [6.45, 7) is 2.85. The molecule has 3 heterocycles. The molecule has 0 aliphatic carbocycles. The van der Waals surface area contributed by atoms with Crippen LogP contribution in [0.25, 0.3) is 23.0 Å². The number of furan rings is 1. The van der Waals surface area contributed by atoms with Gasteiger partial charge in [-0.25, -0.2) is 0 Å². The Bertz CT molecular complexity index is 947. The van der Waals surface area contributed by atoms with E-state index >= 15 is 0 Å². The lowest BCUT2D eigenvalue weighted by Crippen LogP contribution is -1.99. The maximum absolute atomic E-state index is 5.62. The summed E-state index contributed by atoms with van der Waals surface area (Å²) in [6, 6.07) is 13.6. The normalized spacial score (nSPS) is 11.1. The predicted molar refractivity (Wildman–Crippen MR) is 92.7 cm³/mol. The number of nitrogens with zero attached hydrogens (tertiary/aromatic N) is 5. The monoisotopic (exact) mass is 353 g/mol. The summed E-state index contributed by atoms with van der Waals surface area (Å²) in [4.78, 5) is 0. The largest absolute Gasteiger partial charge is 0.459 e. The molecule has 126 valence electrons. The number of hydrogen-bond donors (Lipinski definition) is 0. The van der Waals surface area contributed by atoms with Crippen molar-refractivity contribution < 1.29 is 8.83 Å². The molecule has 0 N–H and O–H groups in total. The lowest BCUT2D eigenvalue weighted by atomic mass is 10.2. The molecule has 0 saturated heterocycles. The molecule has 4 rings (SSSR count). The highest BCUT2D eigenvalue weighted by Crippen LogP contribution is 2.27. The first-order valence-electron chi connectivity index (χ1n) is 7.83. The van der Waals surface area contributed by atoms with Crippen molar-refractivity contribution in [2.45, 2.75) is 24.4 Å². The second kappa shape index (κ2) is 6.94. The third-order valence-corrected chi connectivity index (χ3v) is 4.54. The zero-order valence-corrected chi connectivity index (χ0v) is 14.3. The van der Waals surface area contributed by atoms with Gasteiger partial charge < -0.3 is 13.4 Å². The van der Waals surface area contributed by atoms with Crippen LogP contribution in [0.3, 0.4) is 0 Å². The van der Waals surface area contributed by atoms with Gasteiger partial charge in [0, 0.05) is 12.1 Å². The lowest BCUT2D eigenvalue weighted by Gasteiger charge is -2.06. The molecule has 0 atom stereocenters.